The molecule has 2 aromatic rings. The summed E-state index contributed by atoms with van der Waals surface area (Å²) in [4.78, 5) is 0.0311. The van der Waals surface area contributed by atoms with E-state index in [1.807, 2.05) is 6.07 Å². The summed E-state index contributed by atoms with van der Waals surface area (Å²) in [5, 5.41) is 9.02. The molecule has 0 bridgehead atoms. The Labute approximate surface area is 122 Å². The van der Waals surface area contributed by atoms with E-state index in [1.54, 1.807) is 24.3 Å². The topological polar surface area (TPSA) is 105 Å². The highest BCUT2D eigenvalue weighted by atomic mass is 32.2. The van der Waals surface area contributed by atoms with E-state index in [9.17, 15) is 8.42 Å². The molecule has 3 N–H and O–H groups in total. The number of nitriles is 1. The Morgan fingerprint density at radius 1 is 1.19 bits per heavy atom. The fraction of sp³-hybridized carbons (Fsp3) is 0.0714. The van der Waals surface area contributed by atoms with Crippen LogP contribution in [-0.4, -0.2) is 15.5 Å². The summed E-state index contributed by atoms with van der Waals surface area (Å²) < 4.78 is 31.3. The molecule has 0 saturated carbocycles. The van der Waals surface area contributed by atoms with Crippen molar-refractivity contribution >= 4 is 15.7 Å². The Kier molecular flexibility index (Phi) is 4.12. The maximum absolute atomic E-state index is 11.8. The Bertz CT molecular complexity index is 810. The highest BCUT2D eigenvalue weighted by Gasteiger charge is 2.15. The van der Waals surface area contributed by atoms with Crippen LogP contribution in [0.15, 0.2) is 47.4 Å². The molecule has 108 valence electrons. The quantitative estimate of drug-likeness (QED) is 0.838. The van der Waals surface area contributed by atoms with Gasteiger partial charge in [-0.2, -0.15) is 5.26 Å². The second-order valence-electron chi connectivity index (χ2n) is 4.12. The molecule has 0 spiro atoms. The van der Waals surface area contributed by atoms with Crippen LogP contribution in [0, 0.1) is 11.3 Å². The van der Waals surface area contributed by atoms with E-state index < -0.39 is 10.0 Å². The summed E-state index contributed by atoms with van der Waals surface area (Å²) >= 11 is 0. The van der Waals surface area contributed by atoms with Gasteiger partial charge in [-0.05, 0) is 31.3 Å². The highest BCUT2D eigenvalue weighted by Crippen LogP contribution is 2.31. The van der Waals surface area contributed by atoms with Gasteiger partial charge in [-0.25, -0.2) is 13.1 Å². The maximum Gasteiger partial charge on any atom is 0.240 e. The van der Waals surface area contributed by atoms with E-state index in [2.05, 4.69) is 4.72 Å². The van der Waals surface area contributed by atoms with Crippen molar-refractivity contribution in [2.75, 3.05) is 12.8 Å². The van der Waals surface area contributed by atoms with Crippen LogP contribution >= 0.6 is 0 Å². The van der Waals surface area contributed by atoms with E-state index in [0.29, 0.717) is 11.3 Å². The highest BCUT2D eigenvalue weighted by molar-refractivity contribution is 7.89. The average Bonchev–Trinajstić information content (AvgIpc) is 2.49. The molecule has 0 aromatic heterocycles. The molecule has 0 saturated heterocycles. The molecule has 7 heteroatoms. The van der Waals surface area contributed by atoms with E-state index in [0.717, 1.165) is 0 Å². The third kappa shape index (κ3) is 3.13. The van der Waals surface area contributed by atoms with Crippen LogP contribution in [-0.2, 0) is 10.0 Å². The molecule has 0 amide bonds. The standard InChI is InChI=1S/C14H13N3O3S/c1-17-21(18,19)11-6-7-12(16)14(8-11)20-13-5-3-2-4-10(13)9-15/h2-8,17H,16H2,1H3. The zero-order valence-corrected chi connectivity index (χ0v) is 12.0. The van der Waals surface area contributed by atoms with Crippen molar-refractivity contribution < 1.29 is 13.2 Å². The molecule has 2 rings (SSSR count). The number of rotatable bonds is 4. The predicted molar refractivity (Wildman–Crippen MR) is 78.3 cm³/mol. The molecule has 0 aliphatic heterocycles. The molecule has 0 aliphatic carbocycles. The number of ether oxygens (including phenoxy) is 1. The van der Waals surface area contributed by atoms with Crippen LogP contribution < -0.4 is 15.2 Å². The van der Waals surface area contributed by atoms with E-state index in [4.69, 9.17) is 15.7 Å². The van der Waals surface area contributed by atoms with E-state index >= 15 is 0 Å². The van der Waals surface area contributed by atoms with Gasteiger partial charge in [0.25, 0.3) is 0 Å². The maximum atomic E-state index is 11.8. The summed E-state index contributed by atoms with van der Waals surface area (Å²) in [5.74, 6) is 0.486. The number of hydrogen-bond acceptors (Lipinski definition) is 5. The molecule has 6 nitrogen and oxygen atoms in total. The van der Waals surface area contributed by atoms with Crippen molar-refractivity contribution in [2.45, 2.75) is 4.90 Å². The lowest BCUT2D eigenvalue weighted by molar-refractivity contribution is 0.481. The number of nitrogens with two attached hydrogens (primary N) is 1. The molecular weight excluding hydrogens is 290 g/mol. The zero-order valence-electron chi connectivity index (χ0n) is 11.2. The van der Waals surface area contributed by atoms with Gasteiger partial charge in [0.05, 0.1) is 16.1 Å². The second-order valence-corrected chi connectivity index (χ2v) is 6.00. The SMILES string of the molecule is CNS(=O)(=O)c1ccc(N)c(Oc2ccccc2C#N)c1. The van der Waals surface area contributed by atoms with Gasteiger partial charge in [-0.15, -0.1) is 0 Å². The number of sulfonamides is 1. The number of para-hydroxylation sites is 1. The number of nitrogen functional groups attached to an aromatic ring is 1. The third-order valence-electron chi connectivity index (χ3n) is 2.79. The first-order valence-electron chi connectivity index (χ1n) is 5.98. The first kappa shape index (κ1) is 14.8. The molecule has 0 heterocycles. The lowest BCUT2D eigenvalue weighted by Gasteiger charge is -2.11. The Hall–Kier alpha value is -2.56. The minimum absolute atomic E-state index is 0.0311. The lowest BCUT2D eigenvalue weighted by atomic mass is 10.2. The molecule has 0 fully saturated rings. The number of benzene rings is 2. The van der Waals surface area contributed by atoms with Crippen molar-refractivity contribution in [3.05, 3.63) is 48.0 Å². The summed E-state index contributed by atoms with van der Waals surface area (Å²) in [6.07, 6.45) is 0. The Morgan fingerprint density at radius 3 is 2.57 bits per heavy atom. The average molecular weight is 303 g/mol. The minimum Gasteiger partial charge on any atom is -0.454 e. The van der Waals surface area contributed by atoms with Gasteiger partial charge in [0.15, 0.2) is 5.75 Å². The fourth-order valence-corrected chi connectivity index (χ4v) is 2.40. The molecule has 0 unspecified atom stereocenters. The van der Waals surface area contributed by atoms with Gasteiger partial charge in [0.2, 0.25) is 10.0 Å². The molecule has 21 heavy (non-hydrogen) atoms. The van der Waals surface area contributed by atoms with Gasteiger partial charge in [0.1, 0.15) is 11.8 Å². The van der Waals surface area contributed by atoms with E-state index in [1.165, 1.54) is 25.2 Å². The Morgan fingerprint density at radius 2 is 1.90 bits per heavy atom. The predicted octanol–water partition coefficient (Wildman–Crippen LogP) is 1.84. The van der Waals surface area contributed by atoms with Crippen LogP contribution in [0.4, 0.5) is 5.69 Å². The monoisotopic (exact) mass is 303 g/mol. The first-order chi connectivity index (χ1) is 9.97. The summed E-state index contributed by atoms with van der Waals surface area (Å²) in [5.41, 5.74) is 6.40. The van der Waals surface area contributed by atoms with Gasteiger partial charge in [-0.1, -0.05) is 12.1 Å². The fourth-order valence-electron chi connectivity index (χ4n) is 1.65. The third-order valence-corrected chi connectivity index (χ3v) is 4.20. The van der Waals surface area contributed by atoms with Gasteiger partial charge in [-0.3, -0.25) is 0 Å². The summed E-state index contributed by atoms with van der Waals surface area (Å²) in [7, 11) is -2.28. The normalized spacial score (nSPS) is 10.9. The van der Waals surface area contributed by atoms with Crippen molar-refractivity contribution in [1.29, 1.82) is 5.26 Å². The largest absolute Gasteiger partial charge is 0.454 e. The first-order valence-corrected chi connectivity index (χ1v) is 7.46. The van der Waals surface area contributed by atoms with Crippen molar-refractivity contribution in [2.24, 2.45) is 0 Å². The summed E-state index contributed by atoms with van der Waals surface area (Å²) in [6.45, 7) is 0. The van der Waals surface area contributed by atoms with Crippen LogP contribution in [0.2, 0.25) is 0 Å². The Balaban J connectivity index is 2.46. The van der Waals surface area contributed by atoms with Crippen LogP contribution in [0.25, 0.3) is 0 Å². The number of nitrogens with one attached hydrogen (secondary N) is 1. The number of nitrogens with zero attached hydrogens (tertiary/aromatic N) is 1. The number of anilines is 1. The molecular formula is C14H13N3O3S. The van der Waals surface area contributed by atoms with Gasteiger partial charge in [0, 0.05) is 6.07 Å². The van der Waals surface area contributed by atoms with Crippen LogP contribution in [0.5, 0.6) is 11.5 Å². The zero-order chi connectivity index (χ0) is 15.5. The molecule has 2 aromatic carbocycles. The van der Waals surface area contributed by atoms with Crippen LogP contribution in [0.3, 0.4) is 0 Å². The van der Waals surface area contributed by atoms with Crippen LogP contribution in [0.1, 0.15) is 5.56 Å². The van der Waals surface area contributed by atoms with Crippen molar-refractivity contribution in [1.82, 2.24) is 4.72 Å². The summed E-state index contributed by atoms with van der Waals surface area (Å²) in [6, 6.07) is 12.7. The molecule has 0 radical (unpaired) electrons. The van der Waals surface area contributed by atoms with E-state index in [-0.39, 0.29) is 16.3 Å². The minimum atomic E-state index is -3.60. The van der Waals surface area contributed by atoms with Gasteiger partial charge >= 0.3 is 0 Å². The molecule has 0 atom stereocenters. The lowest BCUT2D eigenvalue weighted by Crippen LogP contribution is -2.18. The van der Waals surface area contributed by atoms with Gasteiger partial charge < -0.3 is 10.5 Å². The van der Waals surface area contributed by atoms with Crippen molar-refractivity contribution in [3.63, 3.8) is 0 Å². The number of hydrogen-bond donors (Lipinski definition) is 2. The molecule has 0 aliphatic rings. The van der Waals surface area contributed by atoms with Crippen molar-refractivity contribution in [3.8, 4) is 17.6 Å². The second kappa shape index (κ2) is 5.83. The smallest absolute Gasteiger partial charge is 0.240 e.